The number of para-hydroxylation sites is 2. The molecule has 0 N–H and O–H groups in total. The number of hydrogen-bond donors (Lipinski definition) is 0. The van der Waals surface area contributed by atoms with Crippen LogP contribution in [-0.2, 0) is 7.05 Å². The molecule has 34 heavy (non-hydrogen) atoms. The van der Waals surface area contributed by atoms with E-state index in [0.717, 1.165) is 5.69 Å². The average molecular weight is 439 g/mol. The maximum atomic E-state index is 4.04. The van der Waals surface area contributed by atoms with Crippen LogP contribution in [0, 0.1) is 0 Å². The van der Waals surface area contributed by atoms with Gasteiger partial charge in [0.05, 0.1) is 11.0 Å². The highest BCUT2D eigenvalue weighted by molar-refractivity contribution is 6.10. The molecule has 6 rings (SSSR count). The molecule has 0 amide bonds. The van der Waals surface area contributed by atoms with Gasteiger partial charge in [-0.3, -0.25) is 0 Å². The van der Waals surface area contributed by atoms with Gasteiger partial charge in [0.25, 0.3) is 0 Å². The predicted octanol–water partition coefficient (Wildman–Crippen LogP) is 8.62. The van der Waals surface area contributed by atoms with Crippen molar-refractivity contribution in [3.05, 3.63) is 115 Å². The van der Waals surface area contributed by atoms with Gasteiger partial charge in [-0.1, -0.05) is 67.3 Å². The third kappa shape index (κ3) is 2.96. The molecule has 2 aromatic heterocycles. The van der Waals surface area contributed by atoms with E-state index in [-0.39, 0.29) is 0 Å². The summed E-state index contributed by atoms with van der Waals surface area (Å²) in [6, 6.07) is 32.9. The summed E-state index contributed by atoms with van der Waals surface area (Å²) in [6.07, 6.45) is 6.22. The van der Waals surface area contributed by atoms with Crippen LogP contribution < -0.4 is 0 Å². The van der Waals surface area contributed by atoms with Gasteiger partial charge in [0.1, 0.15) is 0 Å². The monoisotopic (exact) mass is 438 g/mol. The van der Waals surface area contributed by atoms with Crippen LogP contribution in [0.3, 0.4) is 0 Å². The molecule has 164 valence electrons. The van der Waals surface area contributed by atoms with Crippen LogP contribution in [0.15, 0.2) is 104 Å². The Morgan fingerprint density at radius 2 is 1.32 bits per heavy atom. The molecule has 0 spiro atoms. The van der Waals surface area contributed by atoms with E-state index in [1.54, 1.807) is 0 Å². The maximum Gasteiger partial charge on any atom is 0.0541 e. The second-order valence-electron chi connectivity index (χ2n) is 8.71. The number of fused-ring (bicyclic) bond motifs is 4. The highest BCUT2D eigenvalue weighted by atomic mass is 15.0. The van der Waals surface area contributed by atoms with Gasteiger partial charge in [-0.25, -0.2) is 0 Å². The summed E-state index contributed by atoms with van der Waals surface area (Å²) in [5.74, 6) is 0. The van der Waals surface area contributed by atoms with Crippen LogP contribution in [0.25, 0.3) is 61.7 Å². The minimum absolute atomic E-state index is 1.15. The van der Waals surface area contributed by atoms with E-state index in [1.807, 2.05) is 6.08 Å². The zero-order chi connectivity index (χ0) is 23.2. The second-order valence-corrected chi connectivity index (χ2v) is 8.71. The summed E-state index contributed by atoms with van der Waals surface area (Å²) in [6.45, 7) is 6.11. The van der Waals surface area contributed by atoms with Crippen molar-refractivity contribution in [2.24, 2.45) is 7.05 Å². The quantitative estimate of drug-likeness (QED) is 0.261. The lowest BCUT2D eigenvalue weighted by Crippen LogP contribution is -1.92. The predicted molar refractivity (Wildman–Crippen MR) is 147 cm³/mol. The van der Waals surface area contributed by atoms with Gasteiger partial charge in [-0.05, 0) is 66.6 Å². The Labute approximate surface area is 199 Å². The highest BCUT2D eigenvalue weighted by Gasteiger charge is 2.15. The van der Waals surface area contributed by atoms with Gasteiger partial charge in [-0.2, -0.15) is 0 Å². The SMILES string of the molecule is C=Cc1c(/C=C\C)c2cc(-c3ccc4c(c3)c3ccccc3n4-c3ccccc3)ccc2n1C. The summed E-state index contributed by atoms with van der Waals surface area (Å²) in [4.78, 5) is 0. The van der Waals surface area contributed by atoms with E-state index in [1.165, 1.54) is 55.1 Å². The minimum Gasteiger partial charge on any atom is -0.344 e. The summed E-state index contributed by atoms with van der Waals surface area (Å²) >= 11 is 0. The van der Waals surface area contributed by atoms with Crippen molar-refractivity contribution in [3.63, 3.8) is 0 Å². The zero-order valence-electron chi connectivity index (χ0n) is 19.5. The van der Waals surface area contributed by atoms with Gasteiger partial charge in [0.15, 0.2) is 0 Å². The van der Waals surface area contributed by atoms with E-state index < -0.39 is 0 Å². The summed E-state index contributed by atoms with van der Waals surface area (Å²) < 4.78 is 4.58. The van der Waals surface area contributed by atoms with Crippen molar-refractivity contribution in [3.8, 4) is 16.8 Å². The van der Waals surface area contributed by atoms with Gasteiger partial charge >= 0.3 is 0 Å². The fourth-order valence-electron chi connectivity index (χ4n) is 5.27. The molecule has 6 aromatic rings. The Kier molecular flexibility index (Phi) is 4.74. The lowest BCUT2D eigenvalue weighted by molar-refractivity contribution is 0.953. The topological polar surface area (TPSA) is 9.86 Å². The molecule has 0 radical (unpaired) electrons. The Hall–Kier alpha value is -4.30. The molecular weight excluding hydrogens is 412 g/mol. The van der Waals surface area contributed by atoms with Crippen LogP contribution >= 0.6 is 0 Å². The first-order valence-electron chi connectivity index (χ1n) is 11.7. The standard InChI is InChI=1S/C32H26N2/c1-4-11-25-27-20-22(16-18-30(27)33(3)29(25)5-2)23-17-19-32-28(21-23)26-14-9-10-15-31(26)34(32)24-12-7-6-8-13-24/h4-21H,2H2,1,3H3/b11-4-. The Morgan fingerprint density at radius 3 is 2.06 bits per heavy atom. The Balaban J connectivity index is 1.60. The second kappa shape index (κ2) is 7.93. The van der Waals surface area contributed by atoms with E-state index in [0.29, 0.717) is 0 Å². The first kappa shape index (κ1) is 20.3. The summed E-state index contributed by atoms with van der Waals surface area (Å²) in [7, 11) is 2.11. The van der Waals surface area contributed by atoms with Crippen LogP contribution in [-0.4, -0.2) is 9.13 Å². The highest BCUT2D eigenvalue weighted by Crippen LogP contribution is 2.36. The first-order valence-corrected chi connectivity index (χ1v) is 11.7. The van der Waals surface area contributed by atoms with Crippen molar-refractivity contribution in [1.29, 1.82) is 0 Å². The van der Waals surface area contributed by atoms with E-state index in [9.17, 15) is 0 Å². The molecule has 0 aliphatic carbocycles. The van der Waals surface area contributed by atoms with Crippen molar-refractivity contribution in [2.75, 3.05) is 0 Å². The fraction of sp³-hybridized carbons (Fsp3) is 0.0625. The molecule has 0 aliphatic heterocycles. The van der Waals surface area contributed by atoms with Crippen molar-refractivity contribution >= 4 is 44.9 Å². The van der Waals surface area contributed by atoms with Gasteiger partial charge in [0, 0.05) is 45.7 Å². The number of hydrogen-bond acceptors (Lipinski definition) is 0. The van der Waals surface area contributed by atoms with Crippen LogP contribution in [0.1, 0.15) is 18.2 Å². The third-order valence-corrected chi connectivity index (χ3v) is 6.83. The van der Waals surface area contributed by atoms with Gasteiger partial charge in [0.2, 0.25) is 0 Å². The summed E-state index contributed by atoms with van der Waals surface area (Å²) in [5.41, 5.74) is 9.66. The molecule has 2 nitrogen and oxygen atoms in total. The molecule has 0 unspecified atom stereocenters. The van der Waals surface area contributed by atoms with Crippen LogP contribution in [0.4, 0.5) is 0 Å². The number of aryl methyl sites for hydroxylation is 1. The molecule has 0 saturated carbocycles. The molecule has 4 aromatic carbocycles. The van der Waals surface area contributed by atoms with Crippen molar-refractivity contribution in [2.45, 2.75) is 6.92 Å². The third-order valence-electron chi connectivity index (χ3n) is 6.83. The molecule has 2 heterocycles. The fourth-order valence-corrected chi connectivity index (χ4v) is 5.27. The molecular formula is C32H26N2. The average Bonchev–Trinajstić information content (AvgIpc) is 3.35. The largest absolute Gasteiger partial charge is 0.344 e. The van der Waals surface area contributed by atoms with E-state index in [4.69, 9.17) is 0 Å². The smallest absolute Gasteiger partial charge is 0.0541 e. The van der Waals surface area contributed by atoms with E-state index >= 15 is 0 Å². The van der Waals surface area contributed by atoms with Gasteiger partial charge in [-0.15, -0.1) is 0 Å². The molecule has 0 saturated heterocycles. The first-order chi connectivity index (χ1) is 16.7. The lowest BCUT2D eigenvalue weighted by atomic mass is 10.00. The maximum absolute atomic E-state index is 4.04. The number of aromatic nitrogens is 2. The molecule has 2 heteroatoms. The Bertz CT molecular complexity index is 1730. The lowest BCUT2D eigenvalue weighted by Gasteiger charge is -2.08. The Morgan fingerprint density at radius 1 is 0.676 bits per heavy atom. The normalized spacial score (nSPS) is 11.8. The van der Waals surface area contributed by atoms with E-state index in [2.05, 4.69) is 133 Å². The molecule has 0 aliphatic rings. The van der Waals surface area contributed by atoms with Crippen LogP contribution in [0.5, 0.6) is 0 Å². The number of allylic oxidation sites excluding steroid dienone is 1. The molecule has 0 fully saturated rings. The minimum atomic E-state index is 1.15. The summed E-state index contributed by atoms with van der Waals surface area (Å²) in [5, 5.41) is 3.79. The van der Waals surface area contributed by atoms with Crippen molar-refractivity contribution in [1.82, 2.24) is 9.13 Å². The van der Waals surface area contributed by atoms with Crippen LogP contribution in [0.2, 0.25) is 0 Å². The zero-order valence-corrected chi connectivity index (χ0v) is 19.5. The van der Waals surface area contributed by atoms with Crippen molar-refractivity contribution < 1.29 is 0 Å². The molecule has 0 atom stereocenters. The number of rotatable bonds is 4. The molecule has 0 bridgehead atoms. The van der Waals surface area contributed by atoms with Gasteiger partial charge < -0.3 is 9.13 Å². The number of benzene rings is 4. The number of nitrogens with zero attached hydrogens (tertiary/aromatic N) is 2.